The van der Waals surface area contributed by atoms with E-state index in [9.17, 15) is 9.59 Å². The Hall–Kier alpha value is -1.36. The lowest BCUT2D eigenvalue weighted by atomic mass is 9.91. The van der Waals surface area contributed by atoms with Crippen molar-refractivity contribution in [2.45, 2.75) is 19.3 Å². The van der Waals surface area contributed by atoms with Gasteiger partial charge in [-0.25, -0.2) is 10.3 Å². The number of carbonyl (C=O) groups is 2. The molecule has 0 saturated heterocycles. The first-order valence-corrected chi connectivity index (χ1v) is 4.57. The van der Waals surface area contributed by atoms with E-state index in [-0.39, 0.29) is 23.0 Å². The predicted octanol–water partition coefficient (Wildman–Crippen LogP) is 0.303. The van der Waals surface area contributed by atoms with Crippen LogP contribution in [0.25, 0.3) is 0 Å². The van der Waals surface area contributed by atoms with Crippen LogP contribution in [-0.4, -0.2) is 22.2 Å². The van der Waals surface area contributed by atoms with Crippen LogP contribution in [-0.2, 0) is 9.59 Å². The molecule has 3 N–H and O–H groups in total. The highest BCUT2D eigenvalue weighted by Gasteiger charge is 2.44. The van der Waals surface area contributed by atoms with E-state index in [0.717, 1.165) is 19.3 Å². The lowest BCUT2D eigenvalue weighted by Gasteiger charge is -2.14. The van der Waals surface area contributed by atoms with Gasteiger partial charge in [-0.05, 0) is 31.1 Å². The van der Waals surface area contributed by atoms with Crippen molar-refractivity contribution in [3.8, 4) is 0 Å². The second kappa shape index (κ2) is 3.09. The smallest absolute Gasteiger partial charge is 0.332 e. The lowest BCUT2D eigenvalue weighted by molar-refractivity contribution is -0.134. The molecule has 0 spiro atoms. The maximum atomic E-state index is 11.2. The maximum absolute atomic E-state index is 11.2. The van der Waals surface area contributed by atoms with Crippen LogP contribution in [0.3, 0.4) is 0 Å². The van der Waals surface area contributed by atoms with Crippen molar-refractivity contribution in [2.24, 2.45) is 11.8 Å². The molecule has 1 saturated carbocycles. The highest BCUT2D eigenvalue weighted by Crippen LogP contribution is 2.48. The monoisotopic (exact) mass is 197 g/mol. The molecule has 2 aliphatic carbocycles. The summed E-state index contributed by atoms with van der Waals surface area (Å²) in [5.41, 5.74) is 1.99. The van der Waals surface area contributed by atoms with E-state index in [1.165, 1.54) is 5.48 Å². The van der Waals surface area contributed by atoms with Crippen LogP contribution in [0.1, 0.15) is 19.3 Å². The van der Waals surface area contributed by atoms with Gasteiger partial charge in [0, 0.05) is 11.1 Å². The third-order valence-electron chi connectivity index (χ3n) is 3.12. The summed E-state index contributed by atoms with van der Waals surface area (Å²) in [5, 5.41) is 17.4. The molecule has 2 bridgehead atoms. The summed E-state index contributed by atoms with van der Waals surface area (Å²) in [4.78, 5) is 22.1. The molecule has 14 heavy (non-hydrogen) atoms. The Morgan fingerprint density at radius 3 is 2.29 bits per heavy atom. The molecule has 0 aromatic carbocycles. The zero-order chi connectivity index (χ0) is 10.3. The van der Waals surface area contributed by atoms with Gasteiger partial charge in [-0.3, -0.25) is 10.0 Å². The molecule has 1 fully saturated rings. The molecule has 2 aliphatic rings. The van der Waals surface area contributed by atoms with Crippen LogP contribution in [0.2, 0.25) is 0 Å². The van der Waals surface area contributed by atoms with Gasteiger partial charge in [0.05, 0.1) is 0 Å². The first-order chi connectivity index (χ1) is 6.65. The summed E-state index contributed by atoms with van der Waals surface area (Å²) in [6.45, 7) is 0. The van der Waals surface area contributed by atoms with Gasteiger partial charge in [0.2, 0.25) is 0 Å². The molecule has 0 heterocycles. The van der Waals surface area contributed by atoms with Gasteiger partial charge in [0.25, 0.3) is 5.91 Å². The molecule has 0 aromatic rings. The van der Waals surface area contributed by atoms with E-state index in [0.29, 0.717) is 0 Å². The number of hydrogen-bond donors (Lipinski definition) is 3. The molecule has 0 radical (unpaired) electrons. The Morgan fingerprint density at radius 2 is 1.79 bits per heavy atom. The van der Waals surface area contributed by atoms with E-state index < -0.39 is 11.9 Å². The minimum Gasteiger partial charge on any atom is -0.478 e. The molecule has 1 amide bonds. The van der Waals surface area contributed by atoms with Crippen LogP contribution in [0, 0.1) is 11.8 Å². The quantitative estimate of drug-likeness (QED) is 0.439. The normalized spacial score (nSPS) is 29.5. The molecule has 2 atom stereocenters. The number of amides is 1. The van der Waals surface area contributed by atoms with Gasteiger partial charge in [-0.1, -0.05) is 0 Å². The van der Waals surface area contributed by atoms with Gasteiger partial charge in [0.15, 0.2) is 0 Å². The zero-order valence-electron chi connectivity index (χ0n) is 7.49. The summed E-state index contributed by atoms with van der Waals surface area (Å²) in [6.07, 6.45) is 2.43. The Balaban J connectivity index is 2.41. The molecule has 0 aromatic heterocycles. The van der Waals surface area contributed by atoms with E-state index in [2.05, 4.69) is 0 Å². The number of aliphatic carboxylic acids is 1. The van der Waals surface area contributed by atoms with Crippen LogP contribution >= 0.6 is 0 Å². The zero-order valence-corrected chi connectivity index (χ0v) is 7.49. The van der Waals surface area contributed by atoms with Crippen molar-refractivity contribution in [3.05, 3.63) is 11.1 Å². The third-order valence-corrected chi connectivity index (χ3v) is 3.12. The first kappa shape index (κ1) is 9.21. The minimum absolute atomic E-state index is 0.00444. The van der Waals surface area contributed by atoms with Crippen LogP contribution in [0.4, 0.5) is 0 Å². The second-order valence-electron chi connectivity index (χ2n) is 3.78. The highest BCUT2D eigenvalue weighted by molar-refractivity contribution is 6.03. The number of hydroxylamine groups is 1. The molecule has 0 aliphatic heterocycles. The highest BCUT2D eigenvalue weighted by atomic mass is 16.5. The fourth-order valence-corrected chi connectivity index (χ4v) is 2.60. The predicted molar refractivity (Wildman–Crippen MR) is 45.4 cm³/mol. The molecular formula is C9H11NO4. The number of carboxylic acid groups (broad SMARTS) is 1. The summed E-state index contributed by atoms with van der Waals surface area (Å²) < 4.78 is 0. The summed E-state index contributed by atoms with van der Waals surface area (Å²) in [7, 11) is 0. The van der Waals surface area contributed by atoms with E-state index in [1.807, 2.05) is 0 Å². The minimum atomic E-state index is -1.03. The van der Waals surface area contributed by atoms with Crippen LogP contribution in [0.15, 0.2) is 11.1 Å². The van der Waals surface area contributed by atoms with Crippen molar-refractivity contribution < 1.29 is 19.9 Å². The van der Waals surface area contributed by atoms with Gasteiger partial charge < -0.3 is 5.11 Å². The number of fused-ring (bicyclic) bond motifs is 2. The largest absolute Gasteiger partial charge is 0.478 e. The molecule has 5 nitrogen and oxygen atoms in total. The SMILES string of the molecule is O=C(O)C1=C(C(=O)NO)C2CCC1C2. The third kappa shape index (κ3) is 1.13. The molecular weight excluding hydrogens is 186 g/mol. The Bertz CT molecular complexity index is 334. The van der Waals surface area contributed by atoms with E-state index in [4.69, 9.17) is 10.3 Å². The van der Waals surface area contributed by atoms with E-state index >= 15 is 0 Å². The van der Waals surface area contributed by atoms with E-state index in [1.54, 1.807) is 0 Å². The van der Waals surface area contributed by atoms with Crippen molar-refractivity contribution in [1.82, 2.24) is 5.48 Å². The van der Waals surface area contributed by atoms with Crippen LogP contribution < -0.4 is 5.48 Å². The second-order valence-corrected chi connectivity index (χ2v) is 3.78. The van der Waals surface area contributed by atoms with Gasteiger partial charge in [0.1, 0.15) is 0 Å². The fourth-order valence-electron chi connectivity index (χ4n) is 2.60. The standard InChI is InChI=1S/C9H11NO4/c11-8(10-14)6-4-1-2-5(3-4)7(6)9(12)13/h4-5,14H,1-3H2,(H,10,11)(H,12,13). The number of rotatable bonds is 2. The fraction of sp³-hybridized carbons (Fsp3) is 0.556. The van der Waals surface area contributed by atoms with Gasteiger partial charge in [-0.2, -0.15) is 0 Å². The summed E-state index contributed by atoms with van der Waals surface area (Å²) in [6, 6.07) is 0. The number of carboxylic acids is 1. The summed E-state index contributed by atoms with van der Waals surface area (Å²) in [5.74, 6) is -1.66. The average molecular weight is 197 g/mol. The lowest BCUT2D eigenvalue weighted by Crippen LogP contribution is -2.26. The molecule has 5 heteroatoms. The van der Waals surface area contributed by atoms with Crippen molar-refractivity contribution in [3.63, 3.8) is 0 Å². The van der Waals surface area contributed by atoms with Crippen molar-refractivity contribution in [2.75, 3.05) is 0 Å². The number of nitrogens with one attached hydrogen (secondary N) is 1. The van der Waals surface area contributed by atoms with Crippen LogP contribution in [0.5, 0.6) is 0 Å². The van der Waals surface area contributed by atoms with Gasteiger partial charge in [-0.15, -0.1) is 0 Å². The average Bonchev–Trinajstić information content (AvgIpc) is 2.74. The molecule has 76 valence electrons. The number of carbonyl (C=O) groups excluding carboxylic acids is 1. The van der Waals surface area contributed by atoms with Crippen molar-refractivity contribution >= 4 is 11.9 Å². The Kier molecular flexibility index (Phi) is 2.03. The Morgan fingerprint density at radius 1 is 1.21 bits per heavy atom. The molecule has 2 unspecified atom stereocenters. The maximum Gasteiger partial charge on any atom is 0.332 e. The number of hydrogen-bond acceptors (Lipinski definition) is 3. The Labute approximate surface area is 80.4 Å². The first-order valence-electron chi connectivity index (χ1n) is 4.57. The van der Waals surface area contributed by atoms with Gasteiger partial charge >= 0.3 is 5.97 Å². The summed E-state index contributed by atoms with van der Waals surface area (Å²) >= 11 is 0. The topological polar surface area (TPSA) is 86.6 Å². The molecule has 2 rings (SSSR count). The van der Waals surface area contributed by atoms with Crippen molar-refractivity contribution in [1.29, 1.82) is 0 Å².